The van der Waals surface area contributed by atoms with Crippen LogP contribution in [-0.4, -0.2) is 57.6 Å². The van der Waals surface area contributed by atoms with E-state index >= 15 is 0 Å². The highest BCUT2D eigenvalue weighted by molar-refractivity contribution is 7.92. The molecule has 3 aromatic rings. The molecule has 0 saturated heterocycles. The second-order valence-electron chi connectivity index (χ2n) is 10.6. The monoisotopic (exact) mass is 633 g/mol. The van der Waals surface area contributed by atoms with Crippen LogP contribution < -0.4 is 14.4 Å². The minimum Gasteiger partial charge on any atom is -0.495 e. The molecule has 3 aromatic carbocycles. The summed E-state index contributed by atoms with van der Waals surface area (Å²) in [5, 5.41) is 3.60. The van der Waals surface area contributed by atoms with Gasteiger partial charge in [0.25, 0.3) is 0 Å². The van der Waals surface area contributed by atoms with E-state index in [0.717, 1.165) is 21.7 Å². The van der Waals surface area contributed by atoms with Gasteiger partial charge in [-0.25, -0.2) is 8.42 Å². The van der Waals surface area contributed by atoms with Gasteiger partial charge in [-0.15, -0.1) is 0 Å². The zero-order valence-corrected chi connectivity index (χ0v) is 26.8. The largest absolute Gasteiger partial charge is 0.495 e. The van der Waals surface area contributed by atoms with Crippen LogP contribution in [0.15, 0.2) is 66.7 Å². The van der Waals surface area contributed by atoms with Gasteiger partial charge in [0.1, 0.15) is 18.3 Å². The standard InChI is InChI=1S/C31H37Cl2N3O5S/c1-21(2)18-34-31(38)28(17-23-9-7-6-8-10-23)35(19-24-12-13-25(32)26(33)16-24)30(37)20-36(42(5,39)40)27-15-22(3)11-14-29(27)41-4/h6-16,21,28H,17-20H2,1-5H3,(H,34,38)/t28-/m0/s1. The van der Waals surface area contributed by atoms with E-state index in [-0.39, 0.29) is 30.5 Å². The molecule has 0 spiro atoms. The molecule has 0 aliphatic rings. The predicted molar refractivity (Wildman–Crippen MR) is 169 cm³/mol. The molecule has 0 saturated carbocycles. The molecule has 0 aromatic heterocycles. The maximum atomic E-state index is 14.2. The Morgan fingerprint density at radius 3 is 2.24 bits per heavy atom. The first kappa shape index (κ1) is 33.2. The topological polar surface area (TPSA) is 96.0 Å². The molecule has 0 heterocycles. The van der Waals surface area contributed by atoms with Gasteiger partial charge in [-0.3, -0.25) is 13.9 Å². The Morgan fingerprint density at radius 2 is 1.64 bits per heavy atom. The fraction of sp³-hybridized carbons (Fsp3) is 0.355. The number of hydrogen-bond donors (Lipinski definition) is 1. The van der Waals surface area contributed by atoms with Crippen LogP contribution >= 0.6 is 23.2 Å². The quantitative estimate of drug-likeness (QED) is 0.269. The third kappa shape index (κ3) is 9.11. The SMILES string of the molecule is COc1ccc(C)cc1N(CC(=O)N(Cc1ccc(Cl)c(Cl)c1)[C@@H](Cc1ccccc1)C(=O)NCC(C)C)S(C)(=O)=O. The number of sulfonamides is 1. The Bertz CT molecular complexity index is 1500. The third-order valence-electron chi connectivity index (χ3n) is 6.57. The molecule has 0 aliphatic carbocycles. The number of nitrogens with one attached hydrogen (secondary N) is 1. The first-order valence-electron chi connectivity index (χ1n) is 13.5. The molecular weight excluding hydrogens is 597 g/mol. The summed E-state index contributed by atoms with van der Waals surface area (Å²) in [6.07, 6.45) is 1.24. The van der Waals surface area contributed by atoms with Crippen molar-refractivity contribution in [2.75, 3.05) is 30.8 Å². The van der Waals surface area contributed by atoms with Crippen molar-refractivity contribution < 1.29 is 22.7 Å². The minimum atomic E-state index is -3.94. The summed E-state index contributed by atoms with van der Waals surface area (Å²) in [4.78, 5) is 29.3. The van der Waals surface area contributed by atoms with Crippen LogP contribution in [0.1, 0.15) is 30.5 Å². The molecule has 1 N–H and O–H groups in total. The van der Waals surface area contributed by atoms with E-state index in [9.17, 15) is 18.0 Å². The number of hydrogen-bond acceptors (Lipinski definition) is 5. The molecule has 3 rings (SSSR count). The van der Waals surface area contributed by atoms with Crippen LogP contribution in [0.3, 0.4) is 0 Å². The average molecular weight is 635 g/mol. The van der Waals surface area contributed by atoms with E-state index in [1.807, 2.05) is 51.1 Å². The van der Waals surface area contributed by atoms with Crippen molar-refractivity contribution in [3.8, 4) is 5.75 Å². The summed E-state index contributed by atoms with van der Waals surface area (Å²) < 4.78 is 32.6. The Kier molecular flexibility index (Phi) is 11.7. The summed E-state index contributed by atoms with van der Waals surface area (Å²) in [5.41, 5.74) is 2.49. The molecule has 42 heavy (non-hydrogen) atoms. The molecule has 0 bridgehead atoms. The van der Waals surface area contributed by atoms with Crippen LogP contribution in [0.4, 0.5) is 5.69 Å². The van der Waals surface area contributed by atoms with Gasteiger partial charge in [0.05, 0.1) is 29.1 Å². The number of carbonyl (C=O) groups is 2. The fourth-order valence-corrected chi connectivity index (χ4v) is 5.57. The molecule has 2 amide bonds. The number of anilines is 1. The van der Waals surface area contributed by atoms with Crippen molar-refractivity contribution in [1.29, 1.82) is 0 Å². The smallest absolute Gasteiger partial charge is 0.244 e. The van der Waals surface area contributed by atoms with E-state index in [2.05, 4.69) is 5.32 Å². The molecule has 1 atom stereocenters. The van der Waals surface area contributed by atoms with Gasteiger partial charge < -0.3 is 15.0 Å². The number of benzene rings is 3. The average Bonchev–Trinajstić information content (AvgIpc) is 2.94. The van der Waals surface area contributed by atoms with Crippen LogP contribution in [-0.2, 0) is 32.6 Å². The molecule has 0 radical (unpaired) electrons. The van der Waals surface area contributed by atoms with Crippen molar-refractivity contribution in [3.05, 3.63) is 93.5 Å². The highest BCUT2D eigenvalue weighted by atomic mass is 35.5. The number of carbonyl (C=O) groups excluding carboxylic acids is 2. The number of rotatable bonds is 13. The Hall–Kier alpha value is -3.27. The molecule has 8 nitrogen and oxygen atoms in total. The van der Waals surface area contributed by atoms with Crippen molar-refractivity contribution in [2.24, 2.45) is 5.92 Å². The molecule has 0 fully saturated rings. The molecule has 0 aliphatic heterocycles. The zero-order valence-electron chi connectivity index (χ0n) is 24.4. The fourth-order valence-electron chi connectivity index (χ4n) is 4.40. The van der Waals surface area contributed by atoms with Gasteiger partial charge in [-0.1, -0.05) is 79.5 Å². The normalized spacial score (nSPS) is 12.1. The number of amides is 2. The number of aryl methyl sites for hydroxylation is 1. The van der Waals surface area contributed by atoms with Crippen molar-refractivity contribution in [2.45, 2.75) is 39.8 Å². The minimum absolute atomic E-state index is 0.00905. The van der Waals surface area contributed by atoms with Gasteiger partial charge in [0.15, 0.2) is 0 Å². The second-order valence-corrected chi connectivity index (χ2v) is 13.3. The van der Waals surface area contributed by atoms with Crippen LogP contribution in [0, 0.1) is 12.8 Å². The first-order valence-corrected chi connectivity index (χ1v) is 16.1. The number of methoxy groups -OCH3 is 1. The summed E-state index contributed by atoms with van der Waals surface area (Å²) in [6.45, 7) is 5.62. The number of ether oxygens (including phenoxy) is 1. The van der Waals surface area contributed by atoms with Crippen molar-refractivity contribution in [1.82, 2.24) is 10.2 Å². The van der Waals surface area contributed by atoms with Gasteiger partial charge >= 0.3 is 0 Å². The highest BCUT2D eigenvalue weighted by Gasteiger charge is 2.34. The number of halogens is 2. The summed E-state index contributed by atoms with van der Waals surface area (Å²) in [7, 11) is -2.51. The first-order chi connectivity index (χ1) is 19.8. The lowest BCUT2D eigenvalue weighted by Gasteiger charge is -2.34. The van der Waals surface area contributed by atoms with Crippen LogP contribution in [0.2, 0.25) is 10.0 Å². The maximum Gasteiger partial charge on any atom is 0.244 e. The van der Waals surface area contributed by atoms with E-state index in [1.54, 1.807) is 36.4 Å². The number of nitrogens with zero attached hydrogens (tertiary/aromatic N) is 2. The van der Waals surface area contributed by atoms with E-state index in [4.69, 9.17) is 27.9 Å². The van der Waals surface area contributed by atoms with Crippen LogP contribution in [0.25, 0.3) is 0 Å². The zero-order chi connectivity index (χ0) is 31.0. The van der Waals surface area contributed by atoms with Crippen molar-refractivity contribution >= 4 is 50.7 Å². The molecule has 226 valence electrons. The van der Waals surface area contributed by atoms with Gasteiger partial charge in [0, 0.05) is 19.5 Å². The Labute approximate surface area is 258 Å². The molecular formula is C31H37Cl2N3O5S. The van der Waals surface area contributed by atoms with E-state index in [1.165, 1.54) is 12.0 Å². The third-order valence-corrected chi connectivity index (χ3v) is 8.44. The van der Waals surface area contributed by atoms with Gasteiger partial charge in [0.2, 0.25) is 21.8 Å². The summed E-state index contributed by atoms with van der Waals surface area (Å²) in [6, 6.07) is 18.5. The summed E-state index contributed by atoms with van der Waals surface area (Å²) >= 11 is 12.4. The molecule has 0 unspecified atom stereocenters. The molecule has 11 heteroatoms. The Morgan fingerprint density at radius 1 is 0.952 bits per heavy atom. The lowest BCUT2D eigenvalue weighted by atomic mass is 10.0. The predicted octanol–water partition coefficient (Wildman–Crippen LogP) is 5.49. The van der Waals surface area contributed by atoms with Gasteiger partial charge in [-0.05, 0) is 53.8 Å². The van der Waals surface area contributed by atoms with Crippen LogP contribution in [0.5, 0.6) is 5.75 Å². The maximum absolute atomic E-state index is 14.2. The highest BCUT2D eigenvalue weighted by Crippen LogP contribution is 2.31. The lowest BCUT2D eigenvalue weighted by Crippen LogP contribution is -2.53. The second kappa shape index (κ2) is 14.8. The van der Waals surface area contributed by atoms with E-state index < -0.39 is 28.5 Å². The lowest BCUT2D eigenvalue weighted by molar-refractivity contribution is -0.140. The van der Waals surface area contributed by atoms with E-state index in [0.29, 0.717) is 27.9 Å². The Balaban J connectivity index is 2.11. The van der Waals surface area contributed by atoms with Crippen molar-refractivity contribution in [3.63, 3.8) is 0 Å². The van der Waals surface area contributed by atoms with Gasteiger partial charge in [-0.2, -0.15) is 0 Å². The summed E-state index contributed by atoms with van der Waals surface area (Å²) in [5.74, 6) is -0.443.